The standard InChI is InChI=1S/C20H29FN2O2/c1-15(14-22-18(24)25-19(2,3)4)23-11-9-20(5,10-12-23)16-7-6-8-17(21)13-16/h6-8,13H,1,9-12,14H2,2-5H3,(H,22,24). The molecule has 1 aromatic rings. The van der Waals surface area contributed by atoms with Gasteiger partial charge in [-0.25, -0.2) is 9.18 Å². The van der Waals surface area contributed by atoms with Crippen molar-refractivity contribution in [2.24, 2.45) is 0 Å². The molecule has 0 radical (unpaired) electrons. The summed E-state index contributed by atoms with van der Waals surface area (Å²) < 4.78 is 18.7. The van der Waals surface area contributed by atoms with Crippen LogP contribution in [0.4, 0.5) is 9.18 Å². The van der Waals surface area contributed by atoms with Gasteiger partial charge in [-0.15, -0.1) is 0 Å². The number of ether oxygens (including phenoxy) is 1. The molecule has 1 saturated heterocycles. The average molecular weight is 348 g/mol. The number of benzene rings is 1. The molecule has 1 aromatic carbocycles. The van der Waals surface area contributed by atoms with Crippen LogP contribution in [0.15, 0.2) is 36.5 Å². The highest BCUT2D eigenvalue weighted by molar-refractivity contribution is 5.67. The van der Waals surface area contributed by atoms with Gasteiger partial charge in [0.2, 0.25) is 0 Å². The molecule has 1 aliphatic heterocycles. The van der Waals surface area contributed by atoms with E-state index in [1.807, 2.05) is 26.8 Å². The average Bonchev–Trinajstić information content (AvgIpc) is 2.52. The summed E-state index contributed by atoms with van der Waals surface area (Å²) in [5.41, 5.74) is 1.37. The van der Waals surface area contributed by atoms with E-state index in [9.17, 15) is 9.18 Å². The molecule has 1 aliphatic rings. The van der Waals surface area contributed by atoms with Gasteiger partial charge < -0.3 is 15.0 Å². The summed E-state index contributed by atoms with van der Waals surface area (Å²) in [5, 5.41) is 2.74. The fourth-order valence-corrected chi connectivity index (χ4v) is 3.07. The van der Waals surface area contributed by atoms with Gasteiger partial charge in [0.15, 0.2) is 0 Å². The van der Waals surface area contributed by atoms with Crippen LogP contribution in [0.1, 0.15) is 46.1 Å². The van der Waals surface area contributed by atoms with Gasteiger partial charge in [0.05, 0.1) is 6.54 Å². The van der Waals surface area contributed by atoms with E-state index in [4.69, 9.17) is 4.74 Å². The predicted molar refractivity (Wildman–Crippen MR) is 97.9 cm³/mol. The lowest BCUT2D eigenvalue weighted by atomic mass is 9.74. The van der Waals surface area contributed by atoms with Gasteiger partial charge >= 0.3 is 6.09 Å². The van der Waals surface area contributed by atoms with Gasteiger partial charge in [-0.05, 0) is 56.7 Å². The molecule has 138 valence electrons. The Kier molecular flexibility index (Phi) is 5.76. The third-order valence-electron chi connectivity index (χ3n) is 4.67. The Morgan fingerprint density at radius 1 is 1.36 bits per heavy atom. The van der Waals surface area contributed by atoms with E-state index in [2.05, 4.69) is 23.7 Å². The molecule has 0 unspecified atom stereocenters. The van der Waals surface area contributed by atoms with Gasteiger partial charge in [0.25, 0.3) is 0 Å². The summed E-state index contributed by atoms with van der Waals surface area (Å²) in [4.78, 5) is 13.9. The monoisotopic (exact) mass is 348 g/mol. The maximum absolute atomic E-state index is 13.5. The first-order valence-corrected chi connectivity index (χ1v) is 8.75. The number of amides is 1. The first-order valence-electron chi connectivity index (χ1n) is 8.75. The largest absolute Gasteiger partial charge is 0.444 e. The van der Waals surface area contributed by atoms with Crippen molar-refractivity contribution >= 4 is 6.09 Å². The Balaban J connectivity index is 1.85. The summed E-state index contributed by atoms with van der Waals surface area (Å²) in [6, 6.07) is 6.88. The molecule has 1 heterocycles. The second-order valence-corrected chi connectivity index (χ2v) is 7.98. The van der Waals surface area contributed by atoms with Crippen molar-refractivity contribution in [3.8, 4) is 0 Å². The minimum atomic E-state index is -0.511. The third-order valence-corrected chi connectivity index (χ3v) is 4.67. The highest BCUT2D eigenvalue weighted by Crippen LogP contribution is 2.35. The van der Waals surface area contributed by atoms with Crippen molar-refractivity contribution in [2.45, 2.75) is 51.6 Å². The third kappa shape index (κ3) is 5.48. The number of nitrogens with one attached hydrogen (secondary N) is 1. The zero-order valence-corrected chi connectivity index (χ0v) is 15.7. The number of likely N-dealkylation sites (tertiary alicyclic amines) is 1. The second-order valence-electron chi connectivity index (χ2n) is 7.98. The van der Waals surface area contributed by atoms with E-state index in [1.165, 1.54) is 6.07 Å². The fourth-order valence-electron chi connectivity index (χ4n) is 3.07. The van der Waals surface area contributed by atoms with Crippen molar-refractivity contribution in [1.82, 2.24) is 10.2 Å². The number of carbonyl (C=O) groups is 1. The molecular weight excluding hydrogens is 319 g/mol. The Hall–Kier alpha value is -2.04. The summed E-state index contributed by atoms with van der Waals surface area (Å²) in [6.07, 6.45) is 1.40. The van der Waals surface area contributed by atoms with Crippen LogP contribution < -0.4 is 5.32 Å². The number of hydrogen-bond acceptors (Lipinski definition) is 3. The van der Waals surface area contributed by atoms with Gasteiger partial charge in [-0.3, -0.25) is 0 Å². The van der Waals surface area contributed by atoms with E-state index in [0.717, 1.165) is 37.2 Å². The van der Waals surface area contributed by atoms with E-state index < -0.39 is 11.7 Å². The molecule has 0 saturated carbocycles. The van der Waals surface area contributed by atoms with Crippen molar-refractivity contribution in [2.75, 3.05) is 19.6 Å². The number of rotatable bonds is 4. The summed E-state index contributed by atoms with van der Waals surface area (Å²) >= 11 is 0. The molecule has 0 spiro atoms. The number of halogens is 1. The number of nitrogens with zero attached hydrogens (tertiary/aromatic N) is 1. The molecule has 4 nitrogen and oxygen atoms in total. The molecule has 0 bridgehead atoms. The molecule has 0 atom stereocenters. The van der Waals surface area contributed by atoms with E-state index >= 15 is 0 Å². The molecular formula is C20H29FN2O2. The molecule has 1 N–H and O–H groups in total. The minimum Gasteiger partial charge on any atom is -0.444 e. The van der Waals surface area contributed by atoms with Gasteiger partial charge in [-0.1, -0.05) is 25.6 Å². The number of alkyl carbamates (subject to hydrolysis) is 1. The van der Waals surface area contributed by atoms with Crippen molar-refractivity contribution < 1.29 is 13.9 Å². The maximum atomic E-state index is 13.5. The number of piperidine rings is 1. The quantitative estimate of drug-likeness (QED) is 0.886. The van der Waals surface area contributed by atoms with Crippen LogP contribution in [0.5, 0.6) is 0 Å². The van der Waals surface area contributed by atoms with Crippen molar-refractivity contribution in [1.29, 1.82) is 0 Å². The van der Waals surface area contributed by atoms with Crippen LogP contribution >= 0.6 is 0 Å². The molecule has 0 aliphatic carbocycles. The maximum Gasteiger partial charge on any atom is 0.407 e. The predicted octanol–water partition coefficient (Wildman–Crippen LogP) is 4.22. The topological polar surface area (TPSA) is 41.6 Å². The van der Waals surface area contributed by atoms with Crippen molar-refractivity contribution in [3.63, 3.8) is 0 Å². The van der Waals surface area contributed by atoms with Crippen molar-refractivity contribution in [3.05, 3.63) is 47.9 Å². The molecule has 2 rings (SSSR count). The fraction of sp³-hybridized carbons (Fsp3) is 0.550. The highest BCUT2D eigenvalue weighted by atomic mass is 19.1. The van der Waals surface area contributed by atoms with Crippen LogP contribution in [0, 0.1) is 5.82 Å². The van der Waals surface area contributed by atoms with E-state index in [0.29, 0.717) is 6.54 Å². The smallest absolute Gasteiger partial charge is 0.407 e. The molecule has 5 heteroatoms. The minimum absolute atomic E-state index is 0.0303. The lowest BCUT2D eigenvalue weighted by molar-refractivity contribution is 0.0527. The zero-order chi connectivity index (χ0) is 18.7. The number of carbonyl (C=O) groups excluding carboxylic acids is 1. The molecule has 25 heavy (non-hydrogen) atoms. The van der Waals surface area contributed by atoms with E-state index in [-0.39, 0.29) is 11.2 Å². The van der Waals surface area contributed by atoms with Crippen LogP contribution in [0.3, 0.4) is 0 Å². The van der Waals surface area contributed by atoms with Gasteiger partial charge in [-0.2, -0.15) is 0 Å². The second kappa shape index (κ2) is 7.46. The van der Waals surface area contributed by atoms with Crippen LogP contribution in [-0.4, -0.2) is 36.2 Å². The van der Waals surface area contributed by atoms with Gasteiger partial charge in [0.1, 0.15) is 11.4 Å². The normalized spacial score (nSPS) is 17.1. The summed E-state index contributed by atoms with van der Waals surface area (Å²) in [5.74, 6) is -0.188. The lowest BCUT2D eigenvalue weighted by Gasteiger charge is -2.41. The Morgan fingerprint density at radius 2 is 2.00 bits per heavy atom. The zero-order valence-electron chi connectivity index (χ0n) is 15.7. The lowest BCUT2D eigenvalue weighted by Crippen LogP contribution is -2.43. The van der Waals surface area contributed by atoms with Gasteiger partial charge in [0, 0.05) is 18.8 Å². The van der Waals surface area contributed by atoms with Crippen LogP contribution in [-0.2, 0) is 10.2 Å². The summed E-state index contributed by atoms with van der Waals surface area (Å²) in [6.45, 7) is 13.8. The molecule has 0 aromatic heterocycles. The SMILES string of the molecule is C=C(CNC(=O)OC(C)(C)C)N1CCC(C)(c2cccc(F)c2)CC1. The van der Waals surface area contributed by atoms with E-state index in [1.54, 1.807) is 12.1 Å². The molecule has 1 amide bonds. The Morgan fingerprint density at radius 3 is 2.56 bits per heavy atom. The highest BCUT2D eigenvalue weighted by Gasteiger charge is 2.32. The Bertz CT molecular complexity index is 629. The molecule has 1 fully saturated rings. The Labute approximate surface area is 150 Å². The first kappa shape index (κ1) is 19.3. The van der Waals surface area contributed by atoms with Crippen LogP contribution in [0.2, 0.25) is 0 Å². The first-order chi connectivity index (χ1) is 11.6. The van der Waals surface area contributed by atoms with Crippen LogP contribution in [0.25, 0.3) is 0 Å². The number of hydrogen-bond donors (Lipinski definition) is 1. The summed E-state index contributed by atoms with van der Waals surface area (Å²) in [7, 11) is 0.